The molecule has 7 nitrogen and oxygen atoms in total. The summed E-state index contributed by atoms with van der Waals surface area (Å²) < 4.78 is 6.18. The van der Waals surface area contributed by atoms with Crippen LogP contribution < -0.4 is 10.4 Å². The number of hydrogen-bond acceptors (Lipinski definition) is 5. The molecular weight excluding hydrogens is 390 g/mol. The third-order valence-corrected chi connectivity index (χ3v) is 6.79. The van der Waals surface area contributed by atoms with Crippen molar-refractivity contribution >= 4 is 11.7 Å². The Balaban J connectivity index is 0.000000334. The molecule has 3 atom stereocenters. The molecule has 0 radical (unpaired) electrons. The van der Waals surface area contributed by atoms with E-state index in [9.17, 15) is 15.6 Å². The lowest BCUT2D eigenvalue weighted by atomic mass is 9.55. The van der Waals surface area contributed by atoms with Crippen LogP contribution in [0.2, 0.25) is 0 Å². The smallest absolute Gasteiger partial charge is 0.183 e. The van der Waals surface area contributed by atoms with Crippen molar-refractivity contribution in [2.45, 2.75) is 51.0 Å². The van der Waals surface area contributed by atoms with Gasteiger partial charge in [-0.15, -0.1) is 0 Å². The van der Waals surface area contributed by atoms with Crippen LogP contribution in [0.15, 0.2) is 46.7 Å². The molecule has 0 saturated carbocycles. The number of rotatable bonds is 1. The summed E-state index contributed by atoms with van der Waals surface area (Å²) in [4.78, 5) is 3.77. The molecule has 3 heterocycles. The average molecular weight is 418 g/mol. The van der Waals surface area contributed by atoms with Gasteiger partial charge in [0.25, 0.3) is 0 Å². The van der Waals surface area contributed by atoms with Gasteiger partial charge in [-0.05, 0) is 55.6 Å². The van der Waals surface area contributed by atoms with Crippen LogP contribution in [0.25, 0.3) is 0 Å². The topological polar surface area (TPSA) is 133 Å². The third-order valence-electron chi connectivity index (χ3n) is 6.79. The van der Waals surface area contributed by atoms with Crippen molar-refractivity contribution in [3.63, 3.8) is 0 Å². The van der Waals surface area contributed by atoms with E-state index in [1.807, 2.05) is 6.07 Å². The summed E-state index contributed by atoms with van der Waals surface area (Å²) in [5, 5.41) is 43.7. The van der Waals surface area contributed by atoms with E-state index in [0.717, 1.165) is 12.8 Å². The zero-order valence-electron chi connectivity index (χ0n) is 17.6. The Morgan fingerprint density at radius 2 is 1.74 bits per heavy atom. The number of piperidine rings is 1. The number of ether oxygens (including phenoxy) is 1. The molecule has 3 aliphatic heterocycles. The minimum absolute atomic E-state index is 0.382. The summed E-state index contributed by atoms with van der Waals surface area (Å²) >= 11 is 0. The second-order valence-corrected chi connectivity index (χ2v) is 8.49. The Morgan fingerprint density at radius 1 is 1.03 bits per heavy atom. The second kappa shape index (κ2) is 8.53. The summed E-state index contributed by atoms with van der Waals surface area (Å²) in [7, 11) is 0. The quantitative estimate of drug-likeness (QED) is 0.724. The van der Waals surface area contributed by atoms with Gasteiger partial charge in [0, 0.05) is 6.42 Å². The van der Waals surface area contributed by atoms with Crippen molar-refractivity contribution in [3.8, 4) is 12.1 Å². The van der Waals surface area contributed by atoms with Crippen LogP contribution in [0.1, 0.15) is 56.6 Å². The Kier molecular flexibility index (Phi) is 5.80. The molecule has 0 spiro atoms. The van der Waals surface area contributed by atoms with Gasteiger partial charge in [-0.3, -0.25) is 10.4 Å². The predicted octanol–water partition coefficient (Wildman–Crippen LogP) is 2.09. The first-order valence-corrected chi connectivity index (χ1v) is 11.1. The van der Waals surface area contributed by atoms with E-state index in [-0.39, 0.29) is 5.84 Å². The number of nitrogens with one attached hydrogen (secondary N) is 1. The normalized spacial score (nSPS) is 31.6. The molecular formula is C24H27N5O2. The van der Waals surface area contributed by atoms with E-state index in [0.29, 0.717) is 29.7 Å². The third kappa shape index (κ3) is 3.12. The maximum Gasteiger partial charge on any atom is 0.183 e. The lowest BCUT2D eigenvalue weighted by Crippen LogP contribution is -2.85. The SMILES string of the molecule is C1CC[NH2+]CC1.N#CC12C([O-])=NC(=N)C1(C#N)C(c1ccccc1)OC1=C2CCCC1. The van der Waals surface area contributed by atoms with Crippen LogP contribution in [-0.2, 0) is 4.74 Å². The standard InChI is InChI=1S/C19H16N4O2.C5H11N/c20-10-18-13-8-4-5-9-14(13)25-15(12-6-2-1-3-7-12)19(18,11-21)16(22)23-17(18)24;1-2-4-6-5-3-1/h1-3,6-7,15H,4-5,8-9H2,(H2,22,23,24);6H,1-5H2. The molecule has 5 rings (SSSR count). The first-order valence-electron chi connectivity index (χ1n) is 11.1. The van der Waals surface area contributed by atoms with Gasteiger partial charge in [0.1, 0.15) is 11.3 Å². The highest BCUT2D eigenvalue weighted by atomic mass is 16.5. The maximum atomic E-state index is 12.8. The molecule has 3 N–H and O–H groups in total. The fourth-order valence-electron chi connectivity index (χ4n) is 5.19. The van der Waals surface area contributed by atoms with Crippen LogP contribution in [0.4, 0.5) is 0 Å². The Hall–Kier alpha value is -3.16. The number of allylic oxidation sites excluding steroid dienone is 1. The van der Waals surface area contributed by atoms with E-state index in [1.54, 1.807) is 24.3 Å². The fraction of sp³-hybridized carbons (Fsp3) is 0.500. The van der Waals surface area contributed by atoms with Crippen molar-refractivity contribution in [2.75, 3.05) is 13.1 Å². The van der Waals surface area contributed by atoms with Gasteiger partial charge in [0.15, 0.2) is 11.5 Å². The minimum Gasteiger partial charge on any atom is -0.860 e. The molecule has 3 unspecified atom stereocenters. The van der Waals surface area contributed by atoms with E-state index in [1.165, 1.54) is 32.4 Å². The summed E-state index contributed by atoms with van der Waals surface area (Å²) in [6.45, 7) is 2.75. The molecule has 4 aliphatic rings. The fourth-order valence-corrected chi connectivity index (χ4v) is 5.19. The molecule has 0 aromatic heterocycles. The van der Waals surface area contributed by atoms with Crippen molar-refractivity contribution in [1.29, 1.82) is 15.9 Å². The number of nitrogens with zero attached hydrogens (tertiary/aromatic N) is 3. The number of aliphatic imine (C=N–C) groups is 1. The van der Waals surface area contributed by atoms with Gasteiger partial charge in [-0.1, -0.05) is 30.3 Å². The van der Waals surface area contributed by atoms with Crippen LogP contribution in [-0.4, -0.2) is 24.8 Å². The van der Waals surface area contributed by atoms with Gasteiger partial charge < -0.3 is 15.2 Å². The van der Waals surface area contributed by atoms with Gasteiger partial charge in [-0.2, -0.15) is 10.5 Å². The lowest BCUT2D eigenvalue weighted by molar-refractivity contribution is -0.662. The van der Waals surface area contributed by atoms with Crippen molar-refractivity contribution in [3.05, 3.63) is 47.2 Å². The molecule has 160 valence electrons. The van der Waals surface area contributed by atoms with Crippen LogP contribution >= 0.6 is 0 Å². The summed E-state index contributed by atoms with van der Waals surface area (Å²) in [6, 6.07) is 13.2. The molecule has 1 aromatic carbocycles. The summed E-state index contributed by atoms with van der Waals surface area (Å²) in [5.74, 6) is -0.474. The van der Waals surface area contributed by atoms with Crippen LogP contribution in [0.3, 0.4) is 0 Å². The average Bonchev–Trinajstić information content (AvgIpc) is 3.07. The number of hydrogen-bond donors (Lipinski definition) is 2. The Labute approximate surface area is 182 Å². The van der Waals surface area contributed by atoms with Crippen molar-refractivity contribution < 1.29 is 15.2 Å². The number of benzene rings is 1. The van der Waals surface area contributed by atoms with Crippen molar-refractivity contribution in [1.82, 2.24) is 0 Å². The molecule has 0 amide bonds. The molecule has 0 bridgehead atoms. The van der Waals surface area contributed by atoms with E-state index in [4.69, 9.17) is 10.1 Å². The number of quaternary nitrogens is 1. The number of fused-ring (bicyclic) bond motifs is 2. The van der Waals surface area contributed by atoms with Gasteiger partial charge in [0.05, 0.1) is 31.0 Å². The van der Waals surface area contributed by atoms with Crippen LogP contribution in [0, 0.1) is 38.9 Å². The monoisotopic (exact) mass is 417 g/mol. The predicted molar refractivity (Wildman–Crippen MR) is 113 cm³/mol. The molecule has 31 heavy (non-hydrogen) atoms. The largest absolute Gasteiger partial charge is 0.860 e. The van der Waals surface area contributed by atoms with Crippen LogP contribution in [0.5, 0.6) is 0 Å². The minimum atomic E-state index is -1.76. The molecule has 1 aromatic rings. The van der Waals surface area contributed by atoms with E-state index >= 15 is 0 Å². The first-order chi connectivity index (χ1) is 15.1. The van der Waals surface area contributed by atoms with E-state index in [2.05, 4.69) is 22.4 Å². The number of nitriles is 2. The number of nitrogens with two attached hydrogens (primary N) is 1. The molecule has 7 heteroatoms. The molecule has 1 fully saturated rings. The zero-order chi connectivity index (χ0) is 21.9. The van der Waals surface area contributed by atoms with Gasteiger partial charge in [0.2, 0.25) is 0 Å². The zero-order valence-corrected chi connectivity index (χ0v) is 17.6. The Morgan fingerprint density at radius 3 is 2.32 bits per heavy atom. The first kappa shape index (κ1) is 21.1. The molecule has 1 saturated heterocycles. The lowest BCUT2D eigenvalue weighted by Gasteiger charge is -2.49. The maximum absolute atomic E-state index is 12.8. The van der Waals surface area contributed by atoms with Gasteiger partial charge in [-0.25, -0.2) is 0 Å². The highest BCUT2D eigenvalue weighted by Gasteiger charge is 2.70. The van der Waals surface area contributed by atoms with E-state index < -0.39 is 22.8 Å². The highest BCUT2D eigenvalue weighted by molar-refractivity contribution is 6.11. The summed E-state index contributed by atoms with van der Waals surface area (Å²) in [6.07, 6.45) is 6.33. The summed E-state index contributed by atoms with van der Waals surface area (Å²) in [5.41, 5.74) is -2.30. The molecule has 1 aliphatic carbocycles. The van der Waals surface area contributed by atoms with Crippen molar-refractivity contribution in [2.24, 2.45) is 15.8 Å². The highest BCUT2D eigenvalue weighted by Crippen LogP contribution is 2.63. The number of amidine groups is 1. The Bertz CT molecular complexity index is 988. The second-order valence-electron chi connectivity index (χ2n) is 8.49. The van der Waals surface area contributed by atoms with Gasteiger partial charge >= 0.3 is 0 Å².